The van der Waals surface area contributed by atoms with Gasteiger partial charge >= 0.3 is 0 Å². The number of rotatable bonds is 6. The topological polar surface area (TPSA) is 54.4 Å². The van der Waals surface area contributed by atoms with Crippen molar-refractivity contribution in [1.29, 1.82) is 0 Å². The highest BCUT2D eigenvalue weighted by Gasteiger charge is 2.19. The average Bonchev–Trinajstić information content (AvgIpc) is 2.02. The molecule has 0 saturated carbocycles. The average molecular weight is 186 g/mol. The van der Waals surface area contributed by atoms with E-state index in [-0.39, 0.29) is 23.9 Å². The SMILES string of the molecule is CCC(O)CC(CC(C)=O)C(C)=O. The van der Waals surface area contributed by atoms with E-state index in [1.807, 2.05) is 6.92 Å². The molecule has 2 unspecified atom stereocenters. The number of carbonyl (C=O) groups is 2. The van der Waals surface area contributed by atoms with Crippen molar-refractivity contribution in [2.45, 2.75) is 46.1 Å². The Hall–Kier alpha value is -0.700. The van der Waals surface area contributed by atoms with Crippen LogP contribution in [-0.4, -0.2) is 22.8 Å². The summed E-state index contributed by atoms with van der Waals surface area (Å²) in [6, 6.07) is 0. The van der Waals surface area contributed by atoms with E-state index in [2.05, 4.69) is 0 Å². The van der Waals surface area contributed by atoms with Crippen LogP contribution in [0.2, 0.25) is 0 Å². The van der Waals surface area contributed by atoms with Crippen LogP contribution in [-0.2, 0) is 9.59 Å². The number of aliphatic hydroxyl groups excluding tert-OH is 1. The Bertz CT molecular complexity index is 187. The molecule has 13 heavy (non-hydrogen) atoms. The summed E-state index contributed by atoms with van der Waals surface area (Å²) < 4.78 is 0. The molecule has 0 aromatic heterocycles. The lowest BCUT2D eigenvalue weighted by atomic mass is 9.92. The maximum absolute atomic E-state index is 11.1. The maximum Gasteiger partial charge on any atom is 0.133 e. The molecular weight excluding hydrogens is 168 g/mol. The molecule has 76 valence electrons. The van der Waals surface area contributed by atoms with Crippen LogP contribution in [0.4, 0.5) is 0 Å². The largest absolute Gasteiger partial charge is 0.393 e. The number of hydrogen-bond acceptors (Lipinski definition) is 3. The van der Waals surface area contributed by atoms with Gasteiger partial charge in [0, 0.05) is 12.3 Å². The minimum absolute atomic E-state index is 0.00324. The Morgan fingerprint density at radius 2 is 1.85 bits per heavy atom. The first-order valence-corrected chi connectivity index (χ1v) is 4.65. The lowest BCUT2D eigenvalue weighted by molar-refractivity contribution is -0.126. The normalized spacial score (nSPS) is 15.1. The van der Waals surface area contributed by atoms with Crippen molar-refractivity contribution in [2.24, 2.45) is 5.92 Å². The second kappa shape index (κ2) is 5.86. The number of Topliss-reactive ketones (excluding diaryl/α,β-unsaturated/α-hetero) is 2. The molecule has 3 nitrogen and oxygen atoms in total. The zero-order chi connectivity index (χ0) is 10.4. The van der Waals surface area contributed by atoms with Gasteiger partial charge in [-0.2, -0.15) is 0 Å². The minimum atomic E-state index is -0.465. The molecule has 0 aromatic rings. The highest BCUT2D eigenvalue weighted by molar-refractivity contribution is 5.85. The Morgan fingerprint density at radius 3 is 2.15 bits per heavy atom. The van der Waals surface area contributed by atoms with Gasteiger partial charge in [0.15, 0.2) is 0 Å². The van der Waals surface area contributed by atoms with Crippen molar-refractivity contribution in [3.8, 4) is 0 Å². The molecule has 0 spiro atoms. The molecule has 0 heterocycles. The molecule has 0 rings (SSSR count). The van der Waals surface area contributed by atoms with Gasteiger partial charge in [-0.1, -0.05) is 6.92 Å². The first-order valence-electron chi connectivity index (χ1n) is 4.65. The number of carbonyl (C=O) groups excluding carboxylic acids is 2. The van der Waals surface area contributed by atoms with E-state index < -0.39 is 6.10 Å². The van der Waals surface area contributed by atoms with Crippen LogP contribution in [0.5, 0.6) is 0 Å². The molecule has 0 aliphatic carbocycles. The fraction of sp³-hybridized carbons (Fsp3) is 0.800. The Labute approximate surface area is 79.1 Å². The van der Waals surface area contributed by atoms with Gasteiger partial charge in [-0.3, -0.25) is 4.79 Å². The zero-order valence-corrected chi connectivity index (χ0v) is 8.54. The summed E-state index contributed by atoms with van der Waals surface area (Å²) in [6.45, 7) is 4.79. The first-order chi connectivity index (χ1) is 5.97. The summed E-state index contributed by atoms with van der Waals surface area (Å²) in [6.07, 6.45) is 0.827. The lowest BCUT2D eigenvalue weighted by Crippen LogP contribution is -2.20. The van der Waals surface area contributed by atoms with Gasteiger partial charge in [0.1, 0.15) is 11.6 Å². The second-order valence-corrected chi connectivity index (χ2v) is 3.51. The van der Waals surface area contributed by atoms with Crippen LogP contribution < -0.4 is 0 Å². The maximum atomic E-state index is 11.1. The van der Waals surface area contributed by atoms with Gasteiger partial charge < -0.3 is 9.90 Å². The quantitative estimate of drug-likeness (QED) is 0.681. The molecule has 0 aliphatic heterocycles. The standard InChI is InChI=1S/C10H18O3/c1-4-10(13)6-9(8(3)12)5-7(2)11/h9-10,13H,4-6H2,1-3H3. The second-order valence-electron chi connectivity index (χ2n) is 3.51. The first kappa shape index (κ1) is 12.3. The summed E-state index contributed by atoms with van der Waals surface area (Å²) >= 11 is 0. The van der Waals surface area contributed by atoms with Crippen LogP contribution in [0, 0.1) is 5.92 Å². The van der Waals surface area contributed by atoms with Crippen molar-refractivity contribution >= 4 is 11.6 Å². The van der Waals surface area contributed by atoms with Crippen LogP contribution in [0.15, 0.2) is 0 Å². The van der Waals surface area contributed by atoms with Gasteiger partial charge in [0.2, 0.25) is 0 Å². The van der Waals surface area contributed by atoms with Gasteiger partial charge in [-0.15, -0.1) is 0 Å². The molecule has 2 atom stereocenters. The zero-order valence-electron chi connectivity index (χ0n) is 8.54. The third-order valence-corrected chi connectivity index (χ3v) is 2.14. The predicted molar refractivity (Wildman–Crippen MR) is 50.4 cm³/mol. The Morgan fingerprint density at radius 1 is 1.31 bits per heavy atom. The predicted octanol–water partition coefficient (Wildman–Crippen LogP) is 1.33. The number of hydrogen-bond donors (Lipinski definition) is 1. The van der Waals surface area contributed by atoms with Crippen LogP contribution in [0.1, 0.15) is 40.0 Å². The Kier molecular flexibility index (Phi) is 5.55. The highest BCUT2D eigenvalue weighted by Crippen LogP contribution is 2.14. The smallest absolute Gasteiger partial charge is 0.133 e. The van der Waals surface area contributed by atoms with E-state index in [0.29, 0.717) is 12.8 Å². The Balaban J connectivity index is 4.10. The molecule has 0 aromatic carbocycles. The van der Waals surface area contributed by atoms with E-state index >= 15 is 0 Å². The van der Waals surface area contributed by atoms with E-state index in [1.54, 1.807) is 0 Å². The van der Waals surface area contributed by atoms with Crippen molar-refractivity contribution in [3.05, 3.63) is 0 Å². The number of ketones is 2. The molecule has 3 heteroatoms. The molecular formula is C10H18O3. The fourth-order valence-electron chi connectivity index (χ4n) is 1.24. The highest BCUT2D eigenvalue weighted by atomic mass is 16.3. The van der Waals surface area contributed by atoms with Gasteiger partial charge in [-0.05, 0) is 26.7 Å². The van der Waals surface area contributed by atoms with E-state index in [9.17, 15) is 14.7 Å². The fourth-order valence-corrected chi connectivity index (χ4v) is 1.24. The minimum Gasteiger partial charge on any atom is -0.393 e. The third-order valence-electron chi connectivity index (χ3n) is 2.14. The third kappa shape index (κ3) is 5.53. The number of aliphatic hydroxyl groups is 1. The van der Waals surface area contributed by atoms with Crippen LogP contribution in [0.25, 0.3) is 0 Å². The van der Waals surface area contributed by atoms with Crippen molar-refractivity contribution in [2.75, 3.05) is 0 Å². The van der Waals surface area contributed by atoms with Crippen molar-refractivity contribution in [3.63, 3.8) is 0 Å². The van der Waals surface area contributed by atoms with E-state index in [4.69, 9.17) is 0 Å². The van der Waals surface area contributed by atoms with Crippen LogP contribution in [0.3, 0.4) is 0 Å². The van der Waals surface area contributed by atoms with Crippen molar-refractivity contribution in [1.82, 2.24) is 0 Å². The van der Waals surface area contributed by atoms with Crippen molar-refractivity contribution < 1.29 is 14.7 Å². The lowest BCUT2D eigenvalue weighted by Gasteiger charge is -2.15. The molecule has 0 bridgehead atoms. The molecule has 0 aliphatic rings. The molecule has 0 radical (unpaired) electrons. The van der Waals surface area contributed by atoms with Crippen LogP contribution >= 0.6 is 0 Å². The summed E-state index contributed by atoms with van der Waals surface area (Å²) in [4.78, 5) is 21.9. The monoisotopic (exact) mass is 186 g/mol. The van der Waals surface area contributed by atoms with E-state index in [1.165, 1.54) is 13.8 Å². The molecule has 0 amide bonds. The van der Waals surface area contributed by atoms with E-state index in [0.717, 1.165) is 0 Å². The van der Waals surface area contributed by atoms with Gasteiger partial charge in [0.05, 0.1) is 6.10 Å². The summed E-state index contributed by atoms with van der Waals surface area (Å²) in [5, 5.41) is 9.33. The summed E-state index contributed by atoms with van der Waals surface area (Å²) in [5.41, 5.74) is 0. The molecule has 0 fully saturated rings. The molecule has 1 N–H and O–H groups in total. The summed E-state index contributed by atoms with van der Waals surface area (Å²) in [7, 11) is 0. The van der Waals surface area contributed by atoms with Gasteiger partial charge in [0.25, 0.3) is 0 Å². The summed E-state index contributed by atoms with van der Waals surface area (Å²) in [5.74, 6) is -0.307. The molecule has 0 saturated heterocycles. The van der Waals surface area contributed by atoms with Gasteiger partial charge in [-0.25, -0.2) is 0 Å².